The van der Waals surface area contributed by atoms with Crippen LogP contribution in [0.3, 0.4) is 0 Å². The summed E-state index contributed by atoms with van der Waals surface area (Å²) in [4.78, 5) is 11.6. The molecule has 1 aromatic carbocycles. The molecule has 0 aliphatic carbocycles. The number of carbonyl (C=O) groups excluding carboxylic acids is 1. The monoisotopic (exact) mass is 398 g/mol. The number of amides is 1. The van der Waals surface area contributed by atoms with E-state index < -0.39 is 10.0 Å². The lowest BCUT2D eigenvalue weighted by atomic mass is 10.2. The fourth-order valence-corrected chi connectivity index (χ4v) is 3.82. The van der Waals surface area contributed by atoms with E-state index >= 15 is 0 Å². The number of nitrogens with one attached hydrogen (secondary N) is 2. The Labute approximate surface area is 157 Å². The molecule has 0 fully saturated rings. The molecule has 0 radical (unpaired) electrons. The maximum Gasteiger partial charge on any atom is 0.270 e. The number of aromatic nitrogens is 2. The molecule has 0 saturated carbocycles. The molecule has 0 atom stereocenters. The van der Waals surface area contributed by atoms with Crippen molar-refractivity contribution in [2.45, 2.75) is 44.7 Å². The van der Waals surface area contributed by atoms with Crippen molar-refractivity contribution < 1.29 is 17.9 Å². The van der Waals surface area contributed by atoms with E-state index in [0.717, 1.165) is 16.9 Å². The average molecular weight is 399 g/mol. The summed E-state index contributed by atoms with van der Waals surface area (Å²) in [6, 6.07) is 7.18. The number of nitrogens with zero attached hydrogens (tertiary/aromatic N) is 2. The van der Waals surface area contributed by atoms with E-state index in [-0.39, 0.29) is 33.9 Å². The highest BCUT2D eigenvalue weighted by Gasteiger charge is 2.21. The Morgan fingerprint density at radius 1 is 1.23 bits per heavy atom. The summed E-state index contributed by atoms with van der Waals surface area (Å²) in [7, 11) is -3.83. The van der Waals surface area contributed by atoms with Gasteiger partial charge in [-0.15, -0.1) is 10.2 Å². The first-order chi connectivity index (χ1) is 12.2. The molecule has 10 heteroatoms. The van der Waals surface area contributed by atoms with Crippen LogP contribution in [0.2, 0.25) is 0 Å². The molecule has 2 aromatic rings. The maximum absolute atomic E-state index is 12.4. The van der Waals surface area contributed by atoms with Gasteiger partial charge >= 0.3 is 0 Å². The second kappa shape index (κ2) is 8.56. The number of hydrogen-bond donors (Lipinski definition) is 2. The SMILES string of the molecule is CC(C)Oc1cccc(CNS(=O)(=O)c2nnc(NC(=O)C(C)C)s2)c1. The van der Waals surface area contributed by atoms with Crippen LogP contribution in [-0.2, 0) is 21.4 Å². The highest BCUT2D eigenvalue weighted by molar-refractivity contribution is 7.91. The quantitative estimate of drug-likeness (QED) is 0.661. The Morgan fingerprint density at radius 2 is 1.96 bits per heavy atom. The lowest BCUT2D eigenvalue weighted by Crippen LogP contribution is -2.23. The van der Waals surface area contributed by atoms with E-state index in [1.165, 1.54) is 0 Å². The maximum atomic E-state index is 12.4. The van der Waals surface area contributed by atoms with Crippen molar-refractivity contribution in [2.75, 3.05) is 5.32 Å². The molecule has 26 heavy (non-hydrogen) atoms. The predicted molar refractivity (Wildman–Crippen MR) is 99.6 cm³/mol. The van der Waals surface area contributed by atoms with Crippen LogP contribution in [0.5, 0.6) is 5.75 Å². The minimum absolute atomic E-state index is 0.0304. The summed E-state index contributed by atoms with van der Waals surface area (Å²) >= 11 is 0.803. The summed E-state index contributed by atoms with van der Waals surface area (Å²) < 4.78 is 32.6. The largest absolute Gasteiger partial charge is 0.491 e. The van der Waals surface area contributed by atoms with Gasteiger partial charge in [-0.1, -0.05) is 37.3 Å². The van der Waals surface area contributed by atoms with Gasteiger partial charge in [0.15, 0.2) is 0 Å². The Bertz CT molecular complexity index is 863. The van der Waals surface area contributed by atoms with E-state index in [2.05, 4.69) is 20.2 Å². The molecule has 2 N–H and O–H groups in total. The molecule has 8 nitrogen and oxygen atoms in total. The smallest absolute Gasteiger partial charge is 0.270 e. The summed E-state index contributed by atoms with van der Waals surface area (Å²) in [5.41, 5.74) is 0.754. The van der Waals surface area contributed by atoms with Crippen molar-refractivity contribution in [1.29, 1.82) is 0 Å². The number of rotatable bonds is 8. The number of ether oxygens (including phenoxy) is 1. The fourth-order valence-electron chi connectivity index (χ4n) is 1.86. The molecule has 0 saturated heterocycles. The Balaban J connectivity index is 2.03. The second-order valence-corrected chi connectivity index (χ2v) is 9.07. The van der Waals surface area contributed by atoms with E-state index in [1.807, 2.05) is 19.9 Å². The Kier molecular flexibility index (Phi) is 6.68. The standard InChI is InChI=1S/C16H22N4O4S2/c1-10(2)14(21)18-15-19-20-16(25-15)26(22,23)17-9-12-6-5-7-13(8-12)24-11(3)4/h5-8,10-11,17H,9H2,1-4H3,(H,18,19,21). The second-order valence-electron chi connectivity index (χ2n) is 6.16. The number of carbonyl (C=O) groups is 1. The summed E-state index contributed by atoms with van der Waals surface area (Å²) in [6.45, 7) is 7.38. The van der Waals surface area contributed by atoms with Crippen molar-refractivity contribution in [2.24, 2.45) is 5.92 Å². The van der Waals surface area contributed by atoms with Gasteiger partial charge < -0.3 is 10.1 Å². The molecular formula is C16H22N4O4S2. The van der Waals surface area contributed by atoms with Crippen molar-refractivity contribution in [3.8, 4) is 5.75 Å². The van der Waals surface area contributed by atoms with Gasteiger partial charge in [0.1, 0.15) is 5.75 Å². The molecule has 142 valence electrons. The molecule has 1 aromatic heterocycles. The zero-order chi connectivity index (χ0) is 19.3. The number of hydrogen-bond acceptors (Lipinski definition) is 7. The van der Waals surface area contributed by atoms with Gasteiger partial charge in [0.2, 0.25) is 15.4 Å². The minimum atomic E-state index is -3.83. The van der Waals surface area contributed by atoms with Gasteiger partial charge in [0, 0.05) is 12.5 Å². The van der Waals surface area contributed by atoms with Crippen LogP contribution in [0.15, 0.2) is 28.6 Å². The molecule has 0 unspecified atom stereocenters. The van der Waals surface area contributed by atoms with Gasteiger partial charge in [-0.05, 0) is 31.5 Å². The molecule has 1 amide bonds. The molecular weight excluding hydrogens is 376 g/mol. The number of benzene rings is 1. The normalized spacial score (nSPS) is 11.8. The summed E-state index contributed by atoms with van der Waals surface area (Å²) in [5.74, 6) is 0.184. The van der Waals surface area contributed by atoms with Crippen LogP contribution in [-0.4, -0.2) is 30.6 Å². The van der Waals surface area contributed by atoms with Crippen LogP contribution in [0, 0.1) is 5.92 Å². The third-order valence-electron chi connectivity index (χ3n) is 3.13. The van der Waals surface area contributed by atoms with Crippen molar-refractivity contribution in [3.05, 3.63) is 29.8 Å². The molecule has 0 aliphatic heterocycles. The van der Waals surface area contributed by atoms with Crippen molar-refractivity contribution in [1.82, 2.24) is 14.9 Å². The lowest BCUT2D eigenvalue weighted by molar-refractivity contribution is -0.118. The van der Waals surface area contributed by atoms with Crippen LogP contribution >= 0.6 is 11.3 Å². The van der Waals surface area contributed by atoms with Gasteiger partial charge in [0.25, 0.3) is 10.0 Å². The first kappa shape index (κ1) is 20.3. The van der Waals surface area contributed by atoms with Gasteiger partial charge in [-0.2, -0.15) is 0 Å². The van der Waals surface area contributed by atoms with E-state index in [1.54, 1.807) is 32.0 Å². The fraction of sp³-hybridized carbons (Fsp3) is 0.438. The van der Waals surface area contributed by atoms with Gasteiger partial charge in [0.05, 0.1) is 6.10 Å². The minimum Gasteiger partial charge on any atom is -0.491 e. The van der Waals surface area contributed by atoms with E-state index in [9.17, 15) is 13.2 Å². The number of sulfonamides is 1. The van der Waals surface area contributed by atoms with E-state index in [4.69, 9.17) is 4.74 Å². The van der Waals surface area contributed by atoms with Crippen LogP contribution in [0.4, 0.5) is 5.13 Å². The third-order valence-corrected chi connectivity index (χ3v) is 5.73. The van der Waals surface area contributed by atoms with Crippen molar-refractivity contribution >= 4 is 32.4 Å². The lowest BCUT2D eigenvalue weighted by Gasteiger charge is -2.11. The van der Waals surface area contributed by atoms with Crippen LogP contribution < -0.4 is 14.8 Å². The molecule has 0 spiro atoms. The highest BCUT2D eigenvalue weighted by Crippen LogP contribution is 2.21. The van der Waals surface area contributed by atoms with Gasteiger partial charge in [-0.25, -0.2) is 13.1 Å². The zero-order valence-electron chi connectivity index (χ0n) is 15.0. The Morgan fingerprint density at radius 3 is 2.62 bits per heavy atom. The van der Waals surface area contributed by atoms with Crippen molar-refractivity contribution in [3.63, 3.8) is 0 Å². The zero-order valence-corrected chi connectivity index (χ0v) is 16.6. The molecule has 0 aliphatic rings. The first-order valence-corrected chi connectivity index (χ1v) is 10.4. The topological polar surface area (TPSA) is 110 Å². The number of anilines is 1. The Hall–Kier alpha value is -2.04. The van der Waals surface area contributed by atoms with Crippen LogP contribution in [0.1, 0.15) is 33.3 Å². The first-order valence-electron chi connectivity index (χ1n) is 8.07. The summed E-state index contributed by atoms with van der Waals surface area (Å²) in [5, 5.41) is 10.0. The average Bonchev–Trinajstić information content (AvgIpc) is 3.02. The van der Waals surface area contributed by atoms with Crippen LogP contribution in [0.25, 0.3) is 0 Å². The highest BCUT2D eigenvalue weighted by atomic mass is 32.2. The third kappa shape index (κ3) is 5.75. The van der Waals surface area contributed by atoms with Gasteiger partial charge in [-0.3, -0.25) is 4.79 Å². The predicted octanol–water partition coefficient (Wildman–Crippen LogP) is 2.40. The van der Waals surface area contributed by atoms with E-state index in [0.29, 0.717) is 5.75 Å². The summed E-state index contributed by atoms with van der Waals surface area (Å²) in [6.07, 6.45) is 0.0304. The molecule has 0 bridgehead atoms. The molecule has 1 heterocycles. The molecule has 2 rings (SSSR count).